The number of nitrogens with one attached hydrogen (secondary N) is 2. The van der Waals surface area contributed by atoms with E-state index in [9.17, 15) is 9.90 Å². The zero-order valence-corrected chi connectivity index (χ0v) is 14.1. The lowest BCUT2D eigenvalue weighted by Crippen LogP contribution is -2.37. The maximum Gasteiger partial charge on any atom is 0.319 e. The van der Waals surface area contributed by atoms with Crippen molar-refractivity contribution in [2.45, 2.75) is 53.4 Å². The second-order valence-corrected chi connectivity index (χ2v) is 6.10. The highest BCUT2D eigenvalue weighted by Gasteiger charge is 2.12. The minimum absolute atomic E-state index is 0.110. The van der Waals surface area contributed by atoms with Crippen LogP contribution in [0.4, 0.5) is 10.5 Å². The van der Waals surface area contributed by atoms with Gasteiger partial charge >= 0.3 is 6.03 Å². The molecule has 2 amide bonds. The van der Waals surface area contributed by atoms with Gasteiger partial charge in [-0.1, -0.05) is 26.0 Å². The van der Waals surface area contributed by atoms with Gasteiger partial charge in [-0.25, -0.2) is 4.79 Å². The van der Waals surface area contributed by atoms with Gasteiger partial charge in [0.15, 0.2) is 0 Å². The Morgan fingerprint density at radius 3 is 2.55 bits per heavy atom. The van der Waals surface area contributed by atoms with E-state index in [-0.39, 0.29) is 24.6 Å². The predicted octanol–water partition coefficient (Wildman–Crippen LogP) is 3.06. The number of rotatable bonds is 7. The number of carbonyl (C=O) groups is 1. The van der Waals surface area contributed by atoms with Crippen molar-refractivity contribution in [3.8, 4) is 0 Å². The molecule has 124 valence electrons. The Labute approximate surface area is 133 Å². The van der Waals surface area contributed by atoms with Crippen molar-refractivity contribution < 1.29 is 14.6 Å². The highest BCUT2D eigenvalue weighted by atomic mass is 16.5. The van der Waals surface area contributed by atoms with E-state index in [1.807, 2.05) is 52.8 Å². The molecular weight excluding hydrogens is 280 g/mol. The van der Waals surface area contributed by atoms with Crippen molar-refractivity contribution in [3.05, 3.63) is 29.3 Å². The van der Waals surface area contributed by atoms with E-state index >= 15 is 0 Å². The lowest BCUT2D eigenvalue weighted by molar-refractivity contribution is 0.0654. The smallest absolute Gasteiger partial charge is 0.319 e. The Balaban J connectivity index is 2.61. The topological polar surface area (TPSA) is 70.6 Å². The summed E-state index contributed by atoms with van der Waals surface area (Å²) in [6.07, 6.45) is -0.380. The first-order valence-electron chi connectivity index (χ1n) is 7.74. The van der Waals surface area contributed by atoms with Gasteiger partial charge in [-0.15, -0.1) is 0 Å². The van der Waals surface area contributed by atoms with Crippen LogP contribution < -0.4 is 10.6 Å². The summed E-state index contributed by atoms with van der Waals surface area (Å²) in [5.74, 6) is 0.110. The van der Waals surface area contributed by atoms with Gasteiger partial charge in [0.2, 0.25) is 0 Å². The average molecular weight is 308 g/mol. The number of aliphatic hydroxyl groups excluding tert-OH is 1. The molecule has 0 saturated heterocycles. The first-order chi connectivity index (χ1) is 10.3. The Morgan fingerprint density at radius 2 is 1.95 bits per heavy atom. The summed E-state index contributed by atoms with van der Waals surface area (Å²) in [5.41, 5.74) is 2.79. The van der Waals surface area contributed by atoms with Gasteiger partial charge in [-0.2, -0.15) is 0 Å². The molecule has 1 aromatic carbocycles. The Hall–Kier alpha value is -1.59. The largest absolute Gasteiger partial charge is 0.391 e. The third kappa shape index (κ3) is 6.03. The Morgan fingerprint density at radius 1 is 1.27 bits per heavy atom. The van der Waals surface area contributed by atoms with Gasteiger partial charge in [0.1, 0.15) is 0 Å². The summed E-state index contributed by atoms with van der Waals surface area (Å²) in [5, 5.41) is 15.2. The van der Waals surface area contributed by atoms with Crippen molar-refractivity contribution in [1.29, 1.82) is 0 Å². The van der Waals surface area contributed by atoms with E-state index < -0.39 is 6.10 Å². The average Bonchev–Trinajstić information content (AvgIpc) is 2.45. The van der Waals surface area contributed by atoms with Crippen molar-refractivity contribution in [2.75, 3.05) is 11.9 Å². The van der Waals surface area contributed by atoms with E-state index in [1.54, 1.807) is 0 Å². The third-order valence-electron chi connectivity index (χ3n) is 3.51. The van der Waals surface area contributed by atoms with Crippen molar-refractivity contribution in [3.63, 3.8) is 0 Å². The van der Waals surface area contributed by atoms with Gasteiger partial charge in [-0.3, -0.25) is 0 Å². The molecule has 0 radical (unpaired) electrons. The standard InChI is InChI=1S/C17H28N2O3/c1-11(2)16(20)9-18-17(21)19-15-8-6-7-14(13(15)5)10-22-12(3)4/h6-8,11-12,16,20H,9-10H2,1-5H3,(H2,18,19,21)/t16-/m0/s1. The molecule has 3 N–H and O–H groups in total. The molecule has 1 rings (SSSR count). The molecule has 0 heterocycles. The van der Waals surface area contributed by atoms with E-state index in [2.05, 4.69) is 10.6 Å². The van der Waals surface area contributed by atoms with Gasteiger partial charge in [0.05, 0.1) is 18.8 Å². The van der Waals surface area contributed by atoms with Crippen LogP contribution in [0.15, 0.2) is 18.2 Å². The molecule has 22 heavy (non-hydrogen) atoms. The summed E-state index contributed by atoms with van der Waals surface area (Å²) in [6.45, 7) is 10.5. The van der Waals surface area contributed by atoms with Gasteiger partial charge in [0.25, 0.3) is 0 Å². The normalized spacial score (nSPS) is 12.5. The molecule has 0 fully saturated rings. The third-order valence-corrected chi connectivity index (χ3v) is 3.51. The van der Waals surface area contributed by atoms with Crippen LogP contribution in [0.3, 0.4) is 0 Å². The summed E-state index contributed by atoms with van der Waals surface area (Å²) in [7, 11) is 0. The number of ether oxygens (including phenoxy) is 1. The molecule has 5 heteroatoms. The van der Waals surface area contributed by atoms with Crippen LogP contribution >= 0.6 is 0 Å². The zero-order chi connectivity index (χ0) is 16.7. The second kappa shape index (κ2) is 8.76. The zero-order valence-electron chi connectivity index (χ0n) is 14.1. The number of urea groups is 1. The van der Waals surface area contributed by atoms with E-state index in [0.717, 1.165) is 16.8 Å². The summed E-state index contributed by atoms with van der Waals surface area (Å²) >= 11 is 0. The Bertz CT molecular complexity index is 487. The first kappa shape index (κ1) is 18.5. The fraction of sp³-hybridized carbons (Fsp3) is 0.588. The predicted molar refractivity (Wildman–Crippen MR) is 89.0 cm³/mol. The molecule has 0 aliphatic carbocycles. The molecule has 1 aromatic rings. The monoisotopic (exact) mass is 308 g/mol. The van der Waals surface area contributed by atoms with Gasteiger partial charge in [-0.05, 0) is 43.9 Å². The maximum atomic E-state index is 11.9. The maximum absolute atomic E-state index is 11.9. The SMILES string of the molecule is Cc1c(COC(C)C)cccc1NC(=O)NC[C@H](O)C(C)C. The van der Waals surface area contributed by atoms with Gasteiger partial charge in [0, 0.05) is 12.2 Å². The first-order valence-corrected chi connectivity index (χ1v) is 7.74. The molecule has 0 bridgehead atoms. The van der Waals surface area contributed by atoms with Crippen molar-refractivity contribution >= 4 is 11.7 Å². The quantitative estimate of drug-likeness (QED) is 0.725. The van der Waals surface area contributed by atoms with Crippen LogP contribution in [-0.4, -0.2) is 29.9 Å². The van der Waals surface area contributed by atoms with E-state index in [0.29, 0.717) is 6.61 Å². The fourth-order valence-electron chi connectivity index (χ4n) is 1.83. The molecule has 0 aromatic heterocycles. The number of benzene rings is 1. The minimum Gasteiger partial charge on any atom is -0.391 e. The number of hydrogen-bond donors (Lipinski definition) is 3. The fourth-order valence-corrected chi connectivity index (χ4v) is 1.83. The van der Waals surface area contributed by atoms with Gasteiger partial charge < -0.3 is 20.5 Å². The second-order valence-electron chi connectivity index (χ2n) is 6.10. The highest BCUT2D eigenvalue weighted by Crippen LogP contribution is 2.20. The van der Waals surface area contributed by atoms with Crippen LogP contribution in [0.5, 0.6) is 0 Å². The molecule has 0 spiro atoms. The molecule has 1 atom stereocenters. The molecule has 5 nitrogen and oxygen atoms in total. The lowest BCUT2D eigenvalue weighted by Gasteiger charge is -2.17. The molecule has 0 saturated carbocycles. The van der Waals surface area contributed by atoms with E-state index in [4.69, 9.17) is 4.74 Å². The van der Waals surface area contributed by atoms with Crippen LogP contribution in [0.25, 0.3) is 0 Å². The number of amides is 2. The van der Waals surface area contributed by atoms with E-state index in [1.165, 1.54) is 0 Å². The number of aliphatic hydroxyl groups is 1. The molecular formula is C17H28N2O3. The van der Waals surface area contributed by atoms with Crippen LogP contribution in [0.2, 0.25) is 0 Å². The number of anilines is 1. The van der Waals surface area contributed by atoms with Crippen LogP contribution in [0, 0.1) is 12.8 Å². The molecule has 0 unspecified atom stereocenters. The number of carbonyl (C=O) groups excluding carboxylic acids is 1. The molecule has 0 aliphatic heterocycles. The van der Waals surface area contributed by atoms with Crippen LogP contribution in [0.1, 0.15) is 38.8 Å². The number of hydrogen-bond acceptors (Lipinski definition) is 3. The lowest BCUT2D eigenvalue weighted by atomic mass is 10.1. The van der Waals surface area contributed by atoms with Crippen molar-refractivity contribution in [1.82, 2.24) is 5.32 Å². The van der Waals surface area contributed by atoms with Crippen LogP contribution in [-0.2, 0) is 11.3 Å². The summed E-state index contributed by atoms with van der Waals surface area (Å²) in [6, 6.07) is 5.42. The minimum atomic E-state index is -0.544. The molecule has 0 aliphatic rings. The summed E-state index contributed by atoms with van der Waals surface area (Å²) in [4.78, 5) is 11.9. The summed E-state index contributed by atoms with van der Waals surface area (Å²) < 4.78 is 5.61. The highest BCUT2D eigenvalue weighted by molar-refractivity contribution is 5.90. The Kier molecular flexibility index (Phi) is 7.35. The van der Waals surface area contributed by atoms with Crippen molar-refractivity contribution in [2.24, 2.45) is 5.92 Å².